The molecule has 5 heteroatoms. The van der Waals surface area contributed by atoms with Crippen molar-refractivity contribution < 1.29 is 0 Å². The summed E-state index contributed by atoms with van der Waals surface area (Å²) in [6.07, 6.45) is 4.72. The van der Waals surface area contributed by atoms with Crippen molar-refractivity contribution in [3.8, 4) is 0 Å². The molecule has 1 aliphatic heterocycles. The Labute approximate surface area is 151 Å². The molecule has 1 aromatic carbocycles. The fourth-order valence-electron chi connectivity index (χ4n) is 3.21. The summed E-state index contributed by atoms with van der Waals surface area (Å²) in [6, 6.07) is 8.00. The molecule has 1 aromatic rings. The van der Waals surface area contributed by atoms with Crippen molar-refractivity contribution in [1.82, 2.24) is 15.5 Å². The number of hydrogen-bond donors (Lipinski definition) is 2. The van der Waals surface area contributed by atoms with Crippen molar-refractivity contribution in [2.24, 2.45) is 10.9 Å². The van der Waals surface area contributed by atoms with Crippen LogP contribution in [0.25, 0.3) is 0 Å². The highest BCUT2D eigenvalue weighted by molar-refractivity contribution is 6.31. The van der Waals surface area contributed by atoms with Gasteiger partial charge in [0.05, 0.1) is 0 Å². The van der Waals surface area contributed by atoms with Crippen LogP contribution in [0, 0.1) is 5.92 Å². The van der Waals surface area contributed by atoms with E-state index in [0.29, 0.717) is 0 Å². The summed E-state index contributed by atoms with van der Waals surface area (Å²) < 4.78 is 0. The summed E-state index contributed by atoms with van der Waals surface area (Å²) >= 11 is 6.19. The van der Waals surface area contributed by atoms with E-state index in [4.69, 9.17) is 11.6 Å². The van der Waals surface area contributed by atoms with Crippen molar-refractivity contribution in [2.75, 3.05) is 39.8 Å². The van der Waals surface area contributed by atoms with Crippen LogP contribution in [-0.4, -0.2) is 50.6 Å². The van der Waals surface area contributed by atoms with Crippen LogP contribution in [0.1, 0.15) is 31.7 Å². The highest BCUT2D eigenvalue weighted by Gasteiger charge is 2.18. The molecule has 1 heterocycles. The number of benzene rings is 1. The lowest BCUT2D eigenvalue weighted by Gasteiger charge is -2.32. The summed E-state index contributed by atoms with van der Waals surface area (Å²) in [4.78, 5) is 6.90. The van der Waals surface area contributed by atoms with E-state index < -0.39 is 0 Å². The Bertz CT molecular complexity index is 510. The Kier molecular flexibility index (Phi) is 8.40. The van der Waals surface area contributed by atoms with Gasteiger partial charge in [0.1, 0.15) is 0 Å². The van der Waals surface area contributed by atoms with Crippen molar-refractivity contribution in [3.63, 3.8) is 0 Å². The number of hydrogen-bond acceptors (Lipinski definition) is 2. The minimum Gasteiger partial charge on any atom is -0.356 e. The first-order valence-electron chi connectivity index (χ1n) is 9.13. The molecule has 0 aromatic heterocycles. The average molecular weight is 351 g/mol. The summed E-state index contributed by atoms with van der Waals surface area (Å²) in [5.74, 6) is 1.64. The molecule has 0 bridgehead atoms. The van der Waals surface area contributed by atoms with Gasteiger partial charge in [0, 0.05) is 25.2 Å². The standard InChI is InChI=1S/C19H31ClN4/c1-3-12-24-13-9-16(10-14-24)15-23-19(21-2)22-11-8-17-6-4-5-7-18(17)20/h4-7,16H,3,8-15H2,1-2H3,(H2,21,22,23). The van der Waals surface area contributed by atoms with E-state index in [0.717, 1.165) is 36.4 Å². The molecule has 1 aliphatic rings. The molecule has 0 amide bonds. The van der Waals surface area contributed by atoms with Crippen LogP contribution in [0.4, 0.5) is 0 Å². The van der Waals surface area contributed by atoms with Gasteiger partial charge in [-0.3, -0.25) is 4.99 Å². The minimum atomic E-state index is 0.750. The highest BCUT2D eigenvalue weighted by Crippen LogP contribution is 2.16. The third-order valence-corrected chi connectivity index (χ3v) is 5.04. The summed E-state index contributed by atoms with van der Waals surface area (Å²) in [6.45, 7) is 7.80. The zero-order valence-corrected chi connectivity index (χ0v) is 15.8. The van der Waals surface area contributed by atoms with E-state index in [9.17, 15) is 0 Å². The number of nitrogens with zero attached hydrogens (tertiary/aromatic N) is 2. The van der Waals surface area contributed by atoms with Gasteiger partial charge in [-0.15, -0.1) is 0 Å². The molecule has 0 atom stereocenters. The molecule has 0 spiro atoms. The minimum absolute atomic E-state index is 0.750. The zero-order chi connectivity index (χ0) is 17.2. The molecule has 1 saturated heterocycles. The van der Waals surface area contributed by atoms with Crippen LogP contribution < -0.4 is 10.6 Å². The smallest absolute Gasteiger partial charge is 0.190 e. The van der Waals surface area contributed by atoms with Crippen molar-refractivity contribution in [2.45, 2.75) is 32.6 Å². The first-order chi connectivity index (χ1) is 11.7. The summed E-state index contributed by atoms with van der Waals surface area (Å²) in [5.41, 5.74) is 1.17. The first kappa shape index (κ1) is 19.1. The van der Waals surface area contributed by atoms with E-state index in [-0.39, 0.29) is 0 Å². The first-order valence-corrected chi connectivity index (χ1v) is 9.51. The third kappa shape index (κ3) is 6.33. The summed E-state index contributed by atoms with van der Waals surface area (Å²) in [5, 5.41) is 7.69. The normalized spacial score (nSPS) is 17.0. The lowest BCUT2D eigenvalue weighted by molar-refractivity contribution is 0.185. The fourth-order valence-corrected chi connectivity index (χ4v) is 3.44. The number of rotatable bonds is 7. The van der Waals surface area contributed by atoms with Crippen LogP contribution >= 0.6 is 11.6 Å². The van der Waals surface area contributed by atoms with Gasteiger partial charge in [-0.2, -0.15) is 0 Å². The maximum absolute atomic E-state index is 6.19. The molecule has 0 aliphatic carbocycles. The SMILES string of the molecule is CCCN1CCC(CNC(=NC)NCCc2ccccc2Cl)CC1. The third-order valence-electron chi connectivity index (χ3n) is 4.67. The predicted octanol–water partition coefficient (Wildman–Crippen LogP) is 3.17. The fraction of sp³-hybridized carbons (Fsp3) is 0.632. The number of likely N-dealkylation sites (tertiary alicyclic amines) is 1. The Morgan fingerprint density at radius 1 is 1.25 bits per heavy atom. The Hall–Kier alpha value is -1.26. The molecule has 1 fully saturated rings. The Morgan fingerprint density at radius 2 is 2.00 bits per heavy atom. The monoisotopic (exact) mass is 350 g/mol. The van der Waals surface area contributed by atoms with E-state index in [1.165, 1.54) is 44.5 Å². The summed E-state index contributed by atoms with van der Waals surface area (Å²) in [7, 11) is 1.83. The van der Waals surface area contributed by atoms with Gasteiger partial charge in [0.2, 0.25) is 0 Å². The topological polar surface area (TPSA) is 39.7 Å². The second kappa shape index (κ2) is 10.6. The van der Waals surface area contributed by atoms with E-state index in [2.05, 4.69) is 33.5 Å². The maximum Gasteiger partial charge on any atom is 0.190 e. The van der Waals surface area contributed by atoms with E-state index >= 15 is 0 Å². The zero-order valence-electron chi connectivity index (χ0n) is 15.0. The van der Waals surface area contributed by atoms with Crippen LogP contribution in [-0.2, 0) is 6.42 Å². The molecule has 24 heavy (non-hydrogen) atoms. The Morgan fingerprint density at radius 3 is 2.67 bits per heavy atom. The second-order valence-corrected chi connectivity index (χ2v) is 6.91. The van der Waals surface area contributed by atoms with Crippen LogP contribution in [0.2, 0.25) is 5.02 Å². The lowest BCUT2D eigenvalue weighted by atomic mass is 9.97. The van der Waals surface area contributed by atoms with Crippen molar-refractivity contribution in [3.05, 3.63) is 34.9 Å². The maximum atomic E-state index is 6.19. The molecule has 0 radical (unpaired) electrons. The van der Waals surface area contributed by atoms with Crippen molar-refractivity contribution >= 4 is 17.6 Å². The van der Waals surface area contributed by atoms with Crippen molar-refractivity contribution in [1.29, 1.82) is 0 Å². The van der Waals surface area contributed by atoms with Gasteiger partial charge in [-0.1, -0.05) is 36.7 Å². The van der Waals surface area contributed by atoms with Crippen LogP contribution in [0.5, 0.6) is 0 Å². The molecule has 2 rings (SSSR count). The molecule has 0 unspecified atom stereocenters. The predicted molar refractivity (Wildman–Crippen MR) is 104 cm³/mol. The number of guanidine groups is 1. The molecule has 134 valence electrons. The van der Waals surface area contributed by atoms with Crippen LogP contribution in [0.3, 0.4) is 0 Å². The molecular weight excluding hydrogens is 320 g/mol. The second-order valence-electron chi connectivity index (χ2n) is 6.51. The number of nitrogens with one attached hydrogen (secondary N) is 2. The molecule has 0 saturated carbocycles. The van der Waals surface area contributed by atoms with Gasteiger partial charge in [0.25, 0.3) is 0 Å². The molecule has 2 N–H and O–H groups in total. The van der Waals surface area contributed by atoms with Crippen LogP contribution in [0.15, 0.2) is 29.3 Å². The van der Waals surface area contributed by atoms with E-state index in [1.807, 2.05) is 25.2 Å². The molecular formula is C19H31ClN4. The quantitative estimate of drug-likeness (QED) is 0.586. The number of halogens is 1. The highest BCUT2D eigenvalue weighted by atomic mass is 35.5. The van der Waals surface area contributed by atoms with Gasteiger partial charge in [-0.25, -0.2) is 0 Å². The Balaban J connectivity index is 1.65. The van der Waals surface area contributed by atoms with Gasteiger partial charge >= 0.3 is 0 Å². The largest absolute Gasteiger partial charge is 0.356 e. The lowest BCUT2D eigenvalue weighted by Crippen LogP contribution is -2.43. The number of aliphatic imine (C=N–C) groups is 1. The van der Waals surface area contributed by atoms with Gasteiger partial charge in [-0.05, 0) is 62.9 Å². The van der Waals surface area contributed by atoms with E-state index in [1.54, 1.807) is 0 Å². The number of piperidine rings is 1. The average Bonchev–Trinajstić information content (AvgIpc) is 2.61. The molecule has 4 nitrogen and oxygen atoms in total. The van der Waals surface area contributed by atoms with Gasteiger partial charge < -0.3 is 15.5 Å². The van der Waals surface area contributed by atoms with Gasteiger partial charge in [0.15, 0.2) is 5.96 Å².